The Hall–Kier alpha value is -1.50. The van der Waals surface area contributed by atoms with Crippen molar-refractivity contribution in [2.24, 2.45) is 5.73 Å². The van der Waals surface area contributed by atoms with E-state index in [2.05, 4.69) is 0 Å². The van der Waals surface area contributed by atoms with Crippen molar-refractivity contribution < 1.29 is 18.3 Å². The average molecular weight is 321 g/mol. The zero-order chi connectivity index (χ0) is 14.8. The van der Waals surface area contributed by atoms with E-state index in [-0.39, 0.29) is 19.0 Å². The number of benzene rings is 1. The smallest absolute Gasteiger partial charge is 0.395 e. The van der Waals surface area contributed by atoms with Gasteiger partial charge in [-0.3, -0.25) is 0 Å². The summed E-state index contributed by atoms with van der Waals surface area (Å²) in [5.41, 5.74) is 6.47. The van der Waals surface area contributed by atoms with Crippen LogP contribution in [0.4, 0.5) is 13.2 Å². The molecule has 0 bridgehead atoms. The second kappa shape index (κ2) is 6.98. The number of halogens is 4. The Bertz CT molecular complexity index is 566. The van der Waals surface area contributed by atoms with Crippen LogP contribution >= 0.6 is 12.4 Å². The van der Waals surface area contributed by atoms with Gasteiger partial charge in [0.05, 0.1) is 12.2 Å². The van der Waals surface area contributed by atoms with E-state index < -0.39 is 17.8 Å². The Kier molecular flexibility index (Phi) is 5.83. The number of aromatic nitrogens is 1. The molecule has 0 fully saturated rings. The molecule has 1 heterocycles. The number of aliphatic hydroxyl groups is 1. The second-order valence-electron chi connectivity index (χ2n) is 4.56. The minimum absolute atomic E-state index is 0. The van der Waals surface area contributed by atoms with Gasteiger partial charge in [0.15, 0.2) is 0 Å². The van der Waals surface area contributed by atoms with Gasteiger partial charge in [0, 0.05) is 30.0 Å². The molecule has 21 heavy (non-hydrogen) atoms. The Balaban J connectivity index is 0.00000220. The number of nitrogens with two attached hydrogens (primary N) is 1. The van der Waals surface area contributed by atoms with E-state index >= 15 is 0 Å². The lowest BCUT2D eigenvalue weighted by Gasteiger charge is -2.13. The molecule has 1 aromatic carbocycles. The standard InChI is InChI=1S/C14H15F3N2O.ClH/c15-14(16,17)10-3-5-12(6-4-10)19-7-1-2-13(19)8-11(18)9-20;/h1-7,11,20H,8-9,18H2;1H. The highest BCUT2D eigenvalue weighted by atomic mass is 35.5. The first kappa shape index (κ1) is 17.6. The molecule has 0 aliphatic carbocycles. The Morgan fingerprint density at radius 1 is 1.14 bits per heavy atom. The molecule has 0 amide bonds. The van der Waals surface area contributed by atoms with Gasteiger partial charge in [-0.05, 0) is 36.4 Å². The fourth-order valence-electron chi connectivity index (χ4n) is 1.98. The maximum absolute atomic E-state index is 12.5. The third-order valence-corrected chi connectivity index (χ3v) is 3.01. The first-order valence-electron chi connectivity index (χ1n) is 6.12. The summed E-state index contributed by atoms with van der Waals surface area (Å²) in [6.07, 6.45) is -2.14. The van der Waals surface area contributed by atoms with Crippen LogP contribution in [0.5, 0.6) is 0 Å². The predicted octanol–water partition coefficient (Wildman–Crippen LogP) is 2.78. The summed E-state index contributed by atoms with van der Waals surface area (Å²) in [7, 11) is 0. The Labute approximate surface area is 126 Å². The second-order valence-corrected chi connectivity index (χ2v) is 4.56. The lowest BCUT2D eigenvalue weighted by atomic mass is 10.1. The monoisotopic (exact) mass is 320 g/mol. The van der Waals surface area contributed by atoms with Crippen molar-refractivity contribution in [3.8, 4) is 5.69 Å². The van der Waals surface area contributed by atoms with Crippen molar-refractivity contribution >= 4 is 12.4 Å². The van der Waals surface area contributed by atoms with Gasteiger partial charge < -0.3 is 15.4 Å². The Morgan fingerprint density at radius 2 is 1.76 bits per heavy atom. The molecule has 1 atom stereocenters. The zero-order valence-electron chi connectivity index (χ0n) is 11.0. The highest BCUT2D eigenvalue weighted by Crippen LogP contribution is 2.29. The van der Waals surface area contributed by atoms with Crippen molar-refractivity contribution in [2.75, 3.05) is 6.61 Å². The van der Waals surface area contributed by atoms with E-state index in [9.17, 15) is 13.2 Å². The number of hydrogen-bond donors (Lipinski definition) is 2. The van der Waals surface area contributed by atoms with Gasteiger partial charge >= 0.3 is 6.18 Å². The SMILES string of the molecule is Cl.NC(CO)Cc1cccn1-c1ccc(C(F)(F)F)cc1. The maximum atomic E-state index is 12.5. The van der Waals surface area contributed by atoms with Crippen LogP contribution in [0.25, 0.3) is 5.69 Å². The van der Waals surface area contributed by atoms with Crippen LogP contribution in [-0.2, 0) is 12.6 Å². The summed E-state index contributed by atoms with van der Waals surface area (Å²) < 4.78 is 39.3. The van der Waals surface area contributed by atoms with Crippen molar-refractivity contribution in [2.45, 2.75) is 18.6 Å². The minimum atomic E-state index is -4.34. The van der Waals surface area contributed by atoms with Crippen LogP contribution in [0, 0.1) is 0 Å². The molecule has 116 valence electrons. The molecule has 0 spiro atoms. The molecule has 3 N–H and O–H groups in total. The van der Waals surface area contributed by atoms with E-state index in [0.717, 1.165) is 17.8 Å². The van der Waals surface area contributed by atoms with Crippen LogP contribution in [-0.4, -0.2) is 22.3 Å². The van der Waals surface area contributed by atoms with Gasteiger partial charge in [-0.2, -0.15) is 13.2 Å². The van der Waals surface area contributed by atoms with Gasteiger partial charge in [0.2, 0.25) is 0 Å². The Morgan fingerprint density at radius 3 is 2.29 bits per heavy atom. The van der Waals surface area contributed by atoms with Crippen molar-refractivity contribution in [3.05, 3.63) is 53.9 Å². The van der Waals surface area contributed by atoms with Gasteiger partial charge in [-0.25, -0.2) is 0 Å². The number of aliphatic hydroxyl groups excluding tert-OH is 1. The first-order valence-corrected chi connectivity index (χ1v) is 6.12. The lowest BCUT2D eigenvalue weighted by molar-refractivity contribution is -0.137. The summed E-state index contributed by atoms with van der Waals surface area (Å²) in [6.45, 7) is -0.141. The fraction of sp³-hybridized carbons (Fsp3) is 0.286. The molecule has 0 aliphatic rings. The van der Waals surface area contributed by atoms with E-state index in [1.54, 1.807) is 16.8 Å². The number of nitrogens with zero attached hydrogens (tertiary/aromatic N) is 1. The number of hydrogen-bond acceptors (Lipinski definition) is 2. The summed E-state index contributed by atoms with van der Waals surface area (Å²) in [5, 5.41) is 8.96. The minimum Gasteiger partial charge on any atom is -0.395 e. The zero-order valence-corrected chi connectivity index (χ0v) is 11.9. The lowest BCUT2D eigenvalue weighted by Crippen LogP contribution is -2.27. The van der Waals surface area contributed by atoms with Crippen LogP contribution in [0.1, 0.15) is 11.3 Å². The van der Waals surface area contributed by atoms with Gasteiger partial charge in [-0.15, -0.1) is 12.4 Å². The molecule has 2 aromatic rings. The fourth-order valence-corrected chi connectivity index (χ4v) is 1.98. The summed E-state index contributed by atoms with van der Waals surface area (Å²) in [5.74, 6) is 0. The predicted molar refractivity (Wildman–Crippen MR) is 76.8 cm³/mol. The maximum Gasteiger partial charge on any atom is 0.416 e. The topological polar surface area (TPSA) is 51.2 Å². The summed E-state index contributed by atoms with van der Waals surface area (Å²) in [6, 6.07) is 8.15. The van der Waals surface area contributed by atoms with Crippen LogP contribution < -0.4 is 5.73 Å². The van der Waals surface area contributed by atoms with Gasteiger partial charge in [0.25, 0.3) is 0 Å². The molecular weight excluding hydrogens is 305 g/mol. The molecular formula is C14H16ClF3N2O. The normalized spacial score (nSPS) is 12.8. The number of alkyl halides is 3. The van der Waals surface area contributed by atoms with Crippen LogP contribution in [0.15, 0.2) is 42.6 Å². The van der Waals surface area contributed by atoms with Crippen molar-refractivity contribution in [3.63, 3.8) is 0 Å². The molecule has 3 nitrogen and oxygen atoms in total. The highest BCUT2D eigenvalue weighted by molar-refractivity contribution is 5.85. The quantitative estimate of drug-likeness (QED) is 0.910. The summed E-state index contributed by atoms with van der Waals surface area (Å²) >= 11 is 0. The van der Waals surface area contributed by atoms with E-state index in [1.807, 2.05) is 6.07 Å². The molecule has 7 heteroatoms. The van der Waals surface area contributed by atoms with E-state index in [4.69, 9.17) is 10.8 Å². The highest BCUT2D eigenvalue weighted by Gasteiger charge is 2.30. The third kappa shape index (κ3) is 4.23. The molecule has 1 aromatic heterocycles. The van der Waals surface area contributed by atoms with E-state index in [0.29, 0.717) is 12.1 Å². The molecule has 0 aliphatic heterocycles. The molecule has 0 saturated carbocycles. The molecule has 1 unspecified atom stereocenters. The van der Waals surface area contributed by atoms with E-state index in [1.165, 1.54) is 12.1 Å². The first-order chi connectivity index (χ1) is 9.41. The molecule has 2 rings (SSSR count). The largest absolute Gasteiger partial charge is 0.416 e. The van der Waals surface area contributed by atoms with Crippen LogP contribution in [0.2, 0.25) is 0 Å². The molecule has 0 saturated heterocycles. The average Bonchev–Trinajstić information content (AvgIpc) is 2.86. The van der Waals surface area contributed by atoms with Crippen molar-refractivity contribution in [1.82, 2.24) is 4.57 Å². The number of rotatable bonds is 4. The van der Waals surface area contributed by atoms with Gasteiger partial charge in [-0.1, -0.05) is 0 Å². The molecule has 0 radical (unpaired) electrons. The summed E-state index contributed by atoms with van der Waals surface area (Å²) in [4.78, 5) is 0. The van der Waals surface area contributed by atoms with Crippen LogP contribution in [0.3, 0.4) is 0 Å². The third-order valence-electron chi connectivity index (χ3n) is 3.01. The van der Waals surface area contributed by atoms with Crippen molar-refractivity contribution in [1.29, 1.82) is 0 Å². The van der Waals surface area contributed by atoms with Gasteiger partial charge in [0.1, 0.15) is 0 Å².